The Balaban J connectivity index is 2.42. The zero-order valence-electron chi connectivity index (χ0n) is 10.4. The molecule has 0 amide bonds. The molecule has 2 aromatic rings. The zero-order chi connectivity index (χ0) is 14.9. The van der Waals surface area contributed by atoms with E-state index in [1.54, 1.807) is 0 Å². The molecule has 0 aliphatic rings. The van der Waals surface area contributed by atoms with E-state index in [1.807, 2.05) is 0 Å². The first-order valence-electron chi connectivity index (χ1n) is 5.61. The Morgan fingerprint density at radius 3 is 2.25 bits per heavy atom. The van der Waals surface area contributed by atoms with Crippen LogP contribution < -0.4 is 10.6 Å². The van der Waals surface area contributed by atoms with Crippen molar-refractivity contribution in [3.63, 3.8) is 0 Å². The third kappa shape index (κ3) is 2.98. The number of rotatable bonds is 2. The molecule has 1 aromatic carbocycles. The van der Waals surface area contributed by atoms with Crippen LogP contribution in [-0.2, 0) is 6.18 Å². The summed E-state index contributed by atoms with van der Waals surface area (Å²) in [5, 5.41) is 0. The summed E-state index contributed by atoms with van der Waals surface area (Å²) in [5.74, 6) is -0.633. The van der Waals surface area contributed by atoms with Crippen LogP contribution in [-0.4, -0.2) is 12.0 Å². The number of hydrogen-bond donors (Lipinski definition) is 1. The monoisotopic (exact) mass is 285 g/mol. The fourth-order valence-corrected chi connectivity index (χ4v) is 1.67. The number of nitrogens with two attached hydrogens (primary N) is 1. The first kappa shape index (κ1) is 14.1. The molecule has 0 unspecified atom stereocenters. The van der Waals surface area contributed by atoms with Crippen LogP contribution in [0.3, 0.4) is 0 Å². The lowest BCUT2D eigenvalue weighted by molar-refractivity contribution is -0.137. The molecule has 2 rings (SSSR count). The topological polar surface area (TPSA) is 42.1 Å². The molecule has 3 nitrogen and oxygen atoms in total. The predicted octanol–water partition coefficient (Wildman–Crippen LogP) is 3.59. The van der Waals surface area contributed by atoms with Gasteiger partial charge in [-0.05, 0) is 36.4 Å². The van der Waals surface area contributed by atoms with E-state index in [0.717, 1.165) is 12.1 Å². The van der Waals surface area contributed by atoms with Gasteiger partial charge in [0.15, 0.2) is 0 Å². The lowest BCUT2D eigenvalue weighted by atomic mass is 10.2. The summed E-state index contributed by atoms with van der Waals surface area (Å²) >= 11 is 0. The molecule has 0 aliphatic carbocycles. The number of alkyl halides is 3. The fourth-order valence-electron chi connectivity index (χ4n) is 1.67. The van der Waals surface area contributed by atoms with Crippen molar-refractivity contribution in [2.75, 3.05) is 17.7 Å². The fraction of sp³-hybridized carbons (Fsp3) is 0.154. The van der Waals surface area contributed by atoms with Crippen LogP contribution in [0.2, 0.25) is 0 Å². The van der Waals surface area contributed by atoms with E-state index in [-0.39, 0.29) is 11.6 Å². The van der Waals surface area contributed by atoms with Crippen molar-refractivity contribution < 1.29 is 17.6 Å². The number of pyridine rings is 1. The summed E-state index contributed by atoms with van der Waals surface area (Å²) in [5.41, 5.74) is 5.02. The van der Waals surface area contributed by atoms with Crippen molar-refractivity contribution in [3.8, 4) is 0 Å². The molecule has 0 saturated heterocycles. The normalized spacial score (nSPS) is 11.4. The Morgan fingerprint density at radius 2 is 1.70 bits per heavy atom. The van der Waals surface area contributed by atoms with E-state index >= 15 is 0 Å². The number of benzene rings is 1. The van der Waals surface area contributed by atoms with Crippen molar-refractivity contribution in [2.45, 2.75) is 6.18 Å². The molecule has 106 valence electrons. The van der Waals surface area contributed by atoms with Crippen molar-refractivity contribution in [1.82, 2.24) is 4.98 Å². The van der Waals surface area contributed by atoms with E-state index in [0.29, 0.717) is 5.69 Å². The van der Waals surface area contributed by atoms with Crippen molar-refractivity contribution in [3.05, 3.63) is 47.8 Å². The van der Waals surface area contributed by atoms with E-state index in [9.17, 15) is 17.6 Å². The highest BCUT2D eigenvalue weighted by Gasteiger charge is 2.31. The van der Waals surface area contributed by atoms with Gasteiger partial charge in [0.25, 0.3) is 0 Å². The highest BCUT2D eigenvalue weighted by Crippen LogP contribution is 2.33. The molecule has 0 aliphatic heterocycles. The van der Waals surface area contributed by atoms with Gasteiger partial charge < -0.3 is 10.6 Å². The number of nitrogens with zero attached hydrogens (tertiary/aromatic N) is 2. The Hall–Kier alpha value is -2.31. The summed E-state index contributed by atoms with van der Waals surface area (Å²) in [7, 11) is 1.52. The second-order valence-corrected chi connectivity index (χ2v) is 4.17. The minimum Gasteiger partial charge on any atom is -0.384 e. The maximum atomic E-state index is 12.8. The molecule has 0 spiro atoms. The molecule has 0 atom stereocenters. The Kier molecular flexibility index (Phi) is 3.52. The van der Waals surface area contributed by atoms with Gasteiger partial charge in [0.1, 0.15) is 17.5 Å². The van der Waals surface area contributed by atoms with E-state index in [1.165, 1.54) is 36.2 Å². The van der Waals surface area contributed by atoms with Gasteiger partial charge >= 0.3 is 6.18 Å². The highest BCUT2D eigenvalue weighted by molar-refractivity contribution is 5.61. The molecule has 20 heavy (non-hydrogen) atoms. The van der Waals surface area contributed by atoms with Gasteiger partial charge in [-0.25, -0.2) is 9.37 Å². The van der Waals surface area contributed by atoms with Crippen LogP contribution in [0.5, 0.6) is 0 Å². The van der Waals surface area contributed by atoms with Gasteiger partial charge in [-0.15, -0.1) is 0 Å². The summed E-state index contributed by atoms with van der Waals surface area (Å²) in [6.45, 7) is 0. The molecular weight excluding hydrogens is 274 g/mol. The quantitative estimate of drug-likeness (QED) is 0.857. The molecular formula is C13H11F4N3. The van der Waals surface area contributed by atoms with Gasteiger partial charge in [-0.1, -0.05) is 0 Å². The smallest absolute Gasteiger partial charge is 0.384 e. The second-order valence-electron chi connectivity index (χ2n) is 4.17. The van der Waals surface area contributed by atoms with Gasteiger partial charge in [0.05, 0.1) is 5.56 Å². The Bertz CT molecular complexity index is 608. The van der Waals surface area contributed by atoms with Crippen LogP contribution in [0.15, 0.2) is 36.4 Å². The number of anilines is 3. The number of hydrogen-bond acceptors (Lipinski definition) is 3. The summed E-state index contributed by atoms with van der Waals surface area (Å²) in [6, 6.07) is 6.95. The van der Waals surface area contributed by atoms with E-state index in [4.69, 9.17) is 5.73 Å². The van der Waals surface area contributed by atoms with Gasteiger partial charge in [-0.3, -0.25) is 0 Å². The van der Waals surface area contributed by atoms with Gasteiger partial charge in [-0.2, -0.15) is 13.2 Å². The molecule has 0 saturated carbocycles. The standard InChI is InChI=1S/C13H11F4N3/c1-20(10-4-2-9(14)3-5-10)12-7-8(13(15,16)17)6-11(18)19-12/h2-7H,1H3,(H2,18,19). The lowest BCUT2D eigenvalue weighted by Crippen LogP contribution is -2.15. The number of aromatic nitrogens is 1. The molecule has 1 heterocycles. The first-order valence-corrected chi connectivity index (χ1v) is 5.61. The van der Waals surface area contributed by atoms with Crippen LogP contribution in [0.1, 0.15) is 5.56 Å². The largest absolute Gasteiger partial charge is 0.416 e. The highest BCUT2D eigenvalue weighted by atomic mass is 19.4. The number of nitrogen functional groups attached to an aromatic ring is 1. The van der Waals surface area contributed by atoms with Crippen LogP contribution in [0.25, 0.3) is 0 Å². The summed E-state index contributed by atoms with van der Waals surface area (Å²) in [6.07, 6.45) is -4.50. The van der Waals surface area contributed by atoms with Crippen molar-refractivity contribution in [2.24, 2.45) is 0 Å². The molecule has 1 aromatic heterocycles. The molecule has 2 N–H and O–H groups in total. The minimum absolute atomic E-state index is 0.0314. The third-order valence-corrected chi connectivity index (χ3v) is 2.72. The van der Waals surface area contributed by atoms with Crippen LogP contribution in [0, 0.1) is 5.82 Å². The summed E-state index contributed by atoms with van der Waals surface area (Å²) in [4.78, 5) is 5.25. The third-order valence-electron chi connectivity index (χ3n) is 2.72. The lowest BCUT2D eigenvalue weighted by Gasteiger charge is -2.20. The molecule has 0 fully saturated rings. The van der Waals surface area contributed by atoms with Crippen molar-refractivity contribution in [1.29, 1.82) is 0 Å². The summed E-state index contributed by atoms with van der Waals surface area (Å²) < 4.78 is 51.0. The maximum Gasteiger partial charge on any atom is 0.416 e. The molecule has 0 radical (unpaired) electrons. The minimum atomic E-state index is -4.50. The van der Waals surface area contributed by atoms with E-state index < -0.39 is 17.6 Å². The Labute approximate surface area is 112 Å². The van der Waals surface area contributed by atoms with Crippen molar-refractivity contribution >= 4 is 17.3 Å². The zero-order valence-corrected chi connectivity index (χ0v) is 10.4. The average molecular weight is 285 g/mol. The Morgan fingerprint density at radius 1 is 1.10 bits per heavy atom. The number of halogens is 4. The van der Waals surface area contributed by atoms with Crippen LogP contribution >= 0.6 is 0 Å². The molecule has 7 heteroatoms. The average Bonchev–Trinajstić information content (AvgIpc) is 2.37. The molecule has 0 bridgehead atoms. The second kappa shape index (κ2) is 4.99. The predicted molar refractivity (Wildman–Crippen MR) is 68.1 cm³/mol. The maximum absolute atomic E-state index is 12.8. The van der Waals surface area contributed by atoms with Gasteiger partial charge in [0, 0.05) is 12.7 Å². The van der Waals surface area contributed by atoms with Gasteiger partial charge in [0.2, 0.25) is 0 Å². The first-order chi connectivity index (χ1) is 9.27. The van der Waals surface area contributed by atoms with Crippen LogP contribution in [0.4, 0.5) is 34.9 Å². The van der Waals surface area contributed by atoms with E-state index in [2.05, 4.69) is 4.98 Å². The SMILES string of the molecule is CN(c1ccc(F)cc1)c1cc(C(F)(F)F)cc(N)n1.